The zero-order chi connectivity index (χ0) is 48.6. The molecule has 0 saturated carbocycles. The van der Waals surface area contributed by atoms with Gasteiger partial charge in [-0.2, -0.15) is 0 Å². The number of imide groups is 1. The zero-order valence-electron chi connectivity index (χ0n) is 35.9. The fraction of sp³-hybridized carbons (Fsp3) is 0.575. The largest absolute Gasteiger partial charge is 0.477 e. The lowest BCUT2D eigenvalue weighted by Crippen LogP contribution is -2.72. The van der Waals surface area contributed by atoms with E-state index in [1.165, 1.54) is 36.4 Å². The van der Waals surface area contributed by atoms with Crippen LogP contribution in [0.3, 0.4) is 0 Å². The Balaban J connectivity index is 1.53. The maximum absolute atomic E-state index is 14.6. The van der Waals surface area contributed by atoms with Gasteiger partial charge in [0.15, 0.2) is 6.17 Å². The van der Waals surface area contributed by atoms with Crippen molar-refractivity contribution < 1.29 is 82.5 Å². The zero-order valence-corrected chi connectivity index (χ0v) is 35.9. The normalized spacial score (nSPS) is 22.3. The molecule has 1 fully saturated rings. The lowest BCUT2D eigenvalue weighted by atomic mass is 9.87. The smallest absolute Gasteiger partial charge is 0.407 e. The highest BCUT2D eigenvalue weighted by atomic mass is 19.1. The number of alkyl carbamates (subject to hydrolysis) is 1. The van der Waals surface area contributed by atoms with Crippen molar-refractivity contribution in [1.82, 2.24) is 31.5 Å². The third-order valence-electron chi connectivity index (χ3n) is 10.2. The minimum atomic E-state index is -3.66. The van der Waals surface area contributed by atoms with Gasteiger partial charge in [0.25, 0.3) is 11.8 Å². The number of urea groups is 1. The number of alkyl halides is 1. The van der Waals surface area contributed by atoms with Gasteiger partial charge in [-0.05, 0) is 49.3 Å². The Morgan fingerprint density at radius 1 is 0.938 bits per heavy atom. The molecule has 2 heterocycles. The monoisotopic (exact) mass is 924 g/mol. The summed E-state index contributed by atoms with van der Waals surface area (Å²) >= 11 is 0. The second-order valence-corrected chi connectivity index (χ2v) is 15.7. The molecule has 0 aromatic heterocycles. The van der Waals surface area contributed by atoms with Crippen LogP contribution in [0.1, 0.15) is 64.9 Å². The number of carboxylic acids is 1. The number of nitrogens with one attached hydrogen (secondary N) is 6. The summed E-state index contributed by atoms with van der Waals surface area (Å²) in [4.78, 5) is 111. The molecule has 2 aliphatic rings. The summed E-state index contributed by atoms with van der Waals surface area (Å²) in [5, 5.41) is 65.7. The molecule has 3 rings (SSSR count). The van der Waals surface area contributed by atoms with Gasteiger partial charge in [0, 0.05) is 50.8 Å². The quantitative estimate of drug-likeness (QED) is 0.0377. The Hall–Kier alpha value is -6.28. The predicted octanol–water partition coefficient (Wildman–Crippen LogP) is -2.49. The van der Waals surface area contributed by atoms with Crippen LogP contribution in [0.25, 0.3) is 0 Å². The van der Waals surface area contributed by atoms with E-state index in [1.807, 2.05) is 0 Å². The Bertz CT molecular complexity index is 1900. The van der Waals surface area contributed by atoms with Crippen molar-refractivity contribution in [2.24, 2.45) is 11.7 Å². The number of rotatable bonds is 24. The first-order chi connectivity index (χ1) is 30.5. The number of aliphatic hydroxyl groups excluding tert-OH is 3. The minimum Gasteiger partial charge on any atom is -0.477 e. The van der Waals surface area contributed by atoms with E-state index in [2.05, 4.69) is 31.9 Å². The molecule has 1 saturated heterocycles. The lowest BCUT2D eigenvalue weighted by molar-refractivity contribution is -0.319. The van der Waals surface area contributed by atoms with E-state index in [-0.39, 0.29) is 56.5 Å². The molecule has 13 N–H and O–H groups in total. The van der Waals surface area contributed by atoms with E-state index in [4.69, 9.17) is 15.2 Å². The molecule has 0 aliphatic carbocycles. The Morgan fingerprint density at radius 3 is 2.17 bits per heavy atom. The average molecular weight is 925 g/mol. The van der Waals surface area contributed by atoms with Crippen molar-refractivity contribution in [2.45, 2.75) is 120 Å². The first kappa shape index (κ1) is 53.1. The summed E-state index contributed by atoms with van der Waals surface area (Å²) in [6.07, 6.45) is -8.59. The van der Waals surface area contributed by atoms with Crippen LogP contribution in [0.5, 0.6) is 0 Å². The van der Waals surface area contributed by atoms with Crippen molar-refractivity contribution in [1.29, 1.82) is 0 Å². The molecule has 360 valence electrons. The van der Waals surface area contributed by atoms with Crippen LogP contribution in [-0.4, -0.2) is 158 Å². The molecule has 1 aromatic carbocycles. The number of nitrogens with zero attached hydrogens (tertiary/aromatic N) is 1. The molecular formula is C40H57FN8O16. The number of aliphatic carboxylic acids is 1. The van der Waals surface area contributed by atoms with E-state index in [9.17, 15) is 73.1 Å². The topological polar surface area (TPSA) is 375 Å². The summed E-state index contributed by atoms with van der Waals surface area (Å²) in [6.45, 7) is 3.56. The third kappa shape index (κ3) is 15.7. The number of carbonyl (C=O) groups excluding carboxylic acids is 8. The van der Waals surface area contributed by atoms with E-state index in [0.717, 1.165) is 11.8 Å². The standard InChI is InChI=1S/C40H57FN8O16/c1-20(2)29(48-26(52)9-5-4-6-17-49-27(53)14-15-28(49)54)36(58)47-24(8-7-16-43-38(42)61)35(57)46-23-12-10-22(11-13-23)19-64-39(62)44-18-25(51)31(55)33-30(45-21(3)50)32(56)34(41)40(63,65-33)37(59)60/h10-15,20,24-25,29-34,51,55-56,63H,4-9,16-19H2,1-3H3,(H,44,62)(H,45,50)(H,46,57)(H,47,58)(H,48,52)(H,59,60)(H3,42,43,61)/t24?,25-,29?,30-,31-,32-,33-,34-,40?/m1/s1. The number of ether oxygens (including phenoxy) is 2. The molecule has 9 atom stereocenters. The molecule has 25 heteroatoms. The van der Waals surface area contributed by atoms with Crippen LogP contribution in [0.2, 0.25) is 0 Å². The number of hydrogen-bond donors (Lipinski definition) is 12. The number of amides is 9. The number of primary amides is 1. The second-order valence-electron chi connectivity index (χ2n) is 15.7. The van der Waals surface area contributed by atoms with E-state index < -0.39 is 109 Å². The summed E-state index contributed by atoms with van der Waals surface area (Å²) in [6, 6.07) is 1.10. The molecule has 24 nitrogen and oxygen atoms in total. The van der Waals surface area contributed by atoms with Gasteiger partial charge in [0.1, 0.15) is 37.0 Å². The van der Waals surface area contributed by atoms with Crippen molar-refractivity contribution in [3.05, 3.63) is 42.0 Å². The first-order valence-corrected chi connectivity index (χ1v) is 20.6. The minimum absolute atomic E-state index is 0.0507. The highest BCUT2D eigenvalue weighted by molar-refractivity contribution is 6.12. The number of hydrogen-bond acceptors (Lipinski definition) is 15. The number of unbranched alkanes of at least 4 members (excludes halogenated alkanes) is 2. The third-order valence-corrected chi connectivity index (χ3v) is 10.2. The SMILES string of the molecule is CC(=O)N[C@@H]1[C@@H](O)[C@@H](F)C(O)(C(=O)O)O[C@H]1[C@H](O)[C@H](O)CNC(=O)OCc1ccc(NC(=O)C(CCCNC(N)=O)NC(=O)C(NC(=O)CCCCCN2C(=O)C=CC2=O)C(C)C)cc1. The molecule has 9 amide bonds. The number of halogens is 1. The van der Waals surface area contributed by atoms with Crippen molar-refractivity contribution in [3.8, 4) is 0 Å². The molecule has 0 spiro atoms. The van der Waals surface area contributed by atoms with Crippen LogP contribution in [0, 0.1) is 5.92 Å². The number of benzene rings is 1. The molecular weight excluding hydrogens is 867 g/mol. The first-order valence-electron chi connectivity index (χ1n) is 20.6. The summed E-state index contributed by atoms with van der Waals surface area (Å²) in [7, 11) is 0. The highest BCUT2D eigenvalue weighted by Gasteiger charge is 2.61. The molecule has 2 aliphatic heterocycles. The van der Waals surface area contributed by atoms with Gasteiger partial charge in [-0.3, -0.25) is 33.7 Å². The maximum atomic E-state index is 14.6. The van der Waals surface area contributed by atoms with Crippen LogP contribution < -0.4 is 37.6 Å². The van der Waals surface area contributed by atoms with E-state index in [1.54, 1.807) is 13.8 Å². The number of nitrogens with two attached hydrogens (primary N) is 1. The fourth-order valence-corrected chi connectivity index (χ4v) is 6.66. The van der Waals surface area contributed by atoms with Gasteiger partial charge in [0.2, 0.25) is 23.6 Å². The van der Waals surface area contributed by atoms with Crippen molar-refractivity contribution >= 4 is 59.2 Å². The Kier molecular flexibility index (Phi) is 20.2. The van der Waals surface area contributed by atoms with Gasteiger partial charge < -0.3 is 72.6 Å². The van der Waals surface area contributed by atoms with Gasteiger partial charge in [-0.25, -0.2) is 18.8 Å². The molecule has 3 unspecified atom stereocenters. The number of anilines is 1. The Labute approximate surface area is 371 Å². The van der Waals surface area contributed by atoms with Crippen LogP contribution in [0.15, 0.2) is 36.4 Å². The predicted molar refractivity (Wildman–Crippen MR) is 221 cm³/mol. The van der Waals surface area contributed by atoms with E-state index >= 15 is 0 Å². The summed E-state index contributed by atoms with van der Waals surface area (Å²) in [5.41, 5.74) is 5.81. The molecule has 0 bridgehead atoms. The highest BCUT2D eigenvalue weighted by Crippen LogP contribution is 2.33. The van der Waals surface area contributed by atoms with Crippen LogP contribution in [-0.2, 0) is 49.6 Å². The van der Waals surface area contributed by atoms with Crippen molar-refractivity contribution in [3.63, 3.8) is 0 Å². The molecule has 0 radical (unpaired) electrons. The average Bonchev–Trinajstić information content (AvgIpc) is 3.57. The second kappa shape index (κ2) is 24.7. The molecule has 65 heavy (non-hydrogen) atoms. The maximum Gasteiger partial charge on any atom is 0.407 e. The van der Waals surface area contributed by atoms with Gasteiger partial charge in [0.05, 0.1) is 12.1 Å². The number of carboxylic acid groups (broad SMARTS) is 1. The number of carbonyl (C=O) groups is 9. The van der Waals surface area contributed by atoms with Gasteiger partial charge in [-0.15, -0.1) is 0 Å². The van der Waals surface area contributed by atoms with Gasteiger partial charge in [-0.1, -0.05) is 32.4 Å². The summed E-state index contributed by atoms with van der Waals surface area (Å²) in [5.74, 6) is -9.65. The van der Waals surface area contributed by atoms with Crippen LogP contribution >= 0.6 is 0 Å². The lowest BCUT2D eigenvalue weighted by Gasteiger charge is -2.46. The van der Waals surface area contributed by atoms with E-state index in [0.29, 0.717) is 24.8 Å². The Morgan fingerprint density at radius 2 is 1.58 bits per heavy atom. The fourth-order valence-electron chi connectivity index (χ4n) is 6.66. The van der Waals surface area contributed by atoms with Crippen molar-refractivity contribution in [2.75, 3.05) is 25.0 Å². The van der Waals surface area contributed by atoms with Crippen LogP contribution in [0.4, 0.5) is 19.7 Å². The van der Waals surface area contributed by atoms with Gasteiger partial charge >= 0.3 is 23.9 Å². The summed E-state index contributed by atoms with van der Waals surface area (Å²) < 4.78 is 24.6. The molecule has 1 aromatic rings. The number of aliphatic hydroxyl groups is 4.